The molecule has 2 aliphatic rings. The lowest BCUT2D eigenvalue weighted by Crippen LogP contribution is -2.39. The fraction of sp³-hybridized carbons (Fsp3) is 0.400. The van der Waals surface area contributed by atoms with Crippen molar-refractivity contribution in [3.8, 4) is 5.75 Å². The molecule has 1 saturated heterocycles. The van der Waals surface area contributed by atoms with E-state index in [0.717, 1.165) is 24.1 Å². The van der Waals surface area contributed by atoms with Crippen LogP contribution in [-0.2, 0) is 11.4 Å². The maximum absolute atomic E-state index is 11.6. The molecule has 0 radical (unpaired) electrons. The summed E-state index contributed by atoms with van der Waals surface area (Å²) in [7, 11) is 2.20. The average Bonchev–Trinajstić information content (AvgIpc) is 3.41. The van der Waals surface area contributed by atoms with Gasteiger partial charge in [0.2, 0.25) is 0 Å². The molecule has 7 nitrogen and oxygen atoms in total. The summed E-state index contributed by atoms with van der Waals surface area (Å²) in [6, 6.07) is 26.2. The van der Waals surface area contributed by atoms with Gasteiger partial charge in [-0.15, -0.1) is 0 Å². The van der Waals surface area contributed by atoms with Crippen molar-refractivity contribution in [1.29, 1.82) is 0 Å². The summed E-state index contributed by atoms with van der Waals surface area (Å²) in [5.74, 6) is 0.948. The van der Waals surface area contributed by atoms with E-state index < -0.39 is 4.92 Å². The van der Waals surface area contributed by atoms with Crippen molar-refractivity contribution in [2.45, 2.75) is 62.8 Å². The molecule has 1 heterocycles. The zero-order chi connectivity index (χ0) is 25.6. The highest BCUT2D eigenvalue weighted by atomic mass is 16.7. The summed E-state index contributed by atoms with van der Waals surface area (Å²) in [6.07, 6.45) is 5.71. The number of nitro groups is 1. The highest BCUT2D eigenvalue weighted by molar-refractivity contribution is 5.49. The fourth-order valence-corrected chi connectivity index (χ4v) is 5.65. The standard InChI is InChI=1S/C30H35N3O4/c1-32(26-15-12-24(13-16-26)23-10-6-3-7-11-23)20-27-19-28(31-37-27)25-14-17-29(33(34)35)30(18-25)36-21-22-8-4-2-5-9-22/h2-11,14,17-18,24,26-28,31H,12-13,15-16,19-21H2,1H3. The summed E-state index contributed by atoms with van der Waals surface area (Å²) in [6.45, 7) is 1.13. The molecule has 1 saturated carbocycles. The van der Waals surface area contributed by atoms with E-state index in [9.17, 15) is 10.1 Å². The van der Waals surface area contributed by atoms with Gasteiger partial charge in [-0.05, 0) is 67.8 Å². The van der Waals surface area contributed by atoms with Crippen LogP contribution in [0.3, 0.4) is 0 Å². The summed E-state index contributed by atoms with van der Waals surface area (Å²) >= 11 is 0. The maximum Gasteiger partial charge on any atom is 0.310 e. The van der Waals surface area contributed by atoms with Crippen LogP contribution < -0.4 is 10.2 Å². The van der Waals surface area contributed by atoms with E-state index in [1.54, 1.807) is 12.1 Å². The van der Waals surface area contributed by atoms with Crippen LogP contribution in [0.4, 0.5) is 5.69 Å². The molecule has 3 aromatic carbocycles. The highest BCUT2D eigenvalue weighted by Gasteiger charge is 2.32. The number of hydrogen-bond acceptors (Lipinski definition) is 6. The van der Waals surface area contributed by atoms with Crippen LogP contribution in [-0.4, -0.2) is 35.6 Å². The Hall–Kier alpha value is -3.26. The third-order valence-electron chi connectivity index (χ3n) is 7.78. The van der Waals surface area contributed by atoms with Gasteiger partial charge in [-0.3, -0.25) is 15.0 Å². The fourth-order valence-electron chi connectivity index (χ4n) is 5.65. The highest BCUT2D eigenvalue weighted by Crippen LogP contribution is 2.36. The Morgan fingerprint density at radius 3 is 2.38 bits per heavy atom. The Morgan fingerprint density at radius 2 is 1.68 bits per heavy atom. The summed E-state index contributed by atoms with van der Waals surface area (Å²) in [5, 5.41) is 11.6. The summed E-state index contributed by atoms with van der Waals surface area (Å²) in [5.41, 5.74) is 6.49. The van der Waals surface area contributed by atoms with Gasteiger partial charge in [-0.25, -0.2) is 0 Å². The Kier molecular flexibility index (Phi) is 8.14. The number of rotatable bonds is 9. The topological polar surface area (TPSA) is 76.9 Å². The molecule has 3 aromatic rings. The second-order valence-electron chi connectivity index (χ2n) is 10.3. The third-order valence-corrected chi connectivity index (χ3v) is 7.78. The molecule has 0 spiro atoms. The van der Waals surface area contributed by atoms with Crippen molar-refractivity contribution < 1.29 is 14.5 Å². The van der Waals surface area contributed by atoms with E-state index in [1.807, 2.05) is 30.3 Å². The van der Waals surface area contributed by atoms with Gasteiger partial charge in [0.1, 0.15) is 6.61 Å². The van der Waals surface area contributed by atoms with Gasteiger partial charge in [-0.2, -0.15) is 5.48 Å². The van der Waals surface area contributed by atoms with Crippen LogP contribution in [0, 0.1) is 10.1 Å². The third kappa shape index (κ3) is 6.36. The predicted molar refractivity (Wildman–Crippen MR) is 143 cm³/mol. The molecule has 1 aliphatic carbocycles. The van der Waals surface area contributed by atoms with Gasteiger partial charge >= 0.3 is 5.69 Å². The van der Waals surface area contributed by atoms with Gasteiger partial charge in [0.25, 0.3) is 0 Å². The van der Waals surface area contributed by atoms with Crippen molar-refractivity contribution in [3.63, 3.8) is 0 Å². The summed E-state index contributed by atoms with van der Waals surface area (Å²) < 4.78 is 5.88. The molecule has 0 amide bonds. The molecular weight excluding hydrogens is 466 g/mol. The van der Waals surface area contributed by atoms with Crippen LogP contribution in [0.5, 0.6) is 5.75 Å². The van der Waals surface area contributed by atoms with Gasteiger partial charge in [0, 0.05) is 18.7 Å². The van der Waals surface area contributed by atoms with Crippen LogP contribution in [0.15, 0.2) is 78.9 Å². The van der Waals surface area contributed by atoms with Crippen LogP contribution >= 0.6 is 0 Å². The molecule has 5 rings (SSSR count). The molecule has 0 aromatic heterocycles. The van der Waals surface area contributed by atoms with Gasteiger partial charge in [0.05, 0.1) is 17.1 Å². The zero-order valence-electron chi connectivity index (χ0n) is 21.3. The van der Waals surface area contributed by atoms with E-state index in [2.05, 4.69) is 47.8 Å². The van der Waals surface area contributed by atoms with Crippen molar-refractivity contribution in [1.82, 2.24) is 10.4 Å². The lowest BCUT2D eigenvalue weighted by atomic mass is 9.81. The Bertz CT molecular complexity index is 1170. The quantitative estimate of drug-likeness (QED) is 0.279. The number of hydroxylamine groups is 1. The summed E-state index contributed by atoms with van der Waals surface area (Å²) in [4.78, 5) is 19.6. The first-order valence-corrected chi connectivity index (χ1v) is 13.2. The number of hydrogen-bond donors (Lipinski definition) is 1. The van der Waals surface area contributed by atoms with Crippen molar-refractivity contribution in [2.24, 2.45) is 0 Å². The Morgan fingerprint density at radius 1 is 0.973 bits per heavy atom. The number of likely N-dealkylation sites (N-methyl/N-ethyl adjacent to an activating group) is 1. The SMILES string of the molecule is CN(CC1CC(c2ccc([N+](=O)[O-])c(OCc3ccccc3)c2)NO1)C1CCC(c2ccccc2)CC1. The van der Waals surface area contributed by atoms with E-state index in [1.165, 1.54) is 37.3 Å². The van der Waals surface area contributed by atoms with E-state index in [0.29, 0.717) is 12.0 Å². The minimum Gasteiger partial charge on any atom is -0.482 e. The largest absolute Gasteiger partial charge is 0.482 e. The first kappa shape index (κ1) is 25.4. The number of nitrogens with one attached hydrogen (secondary N) is 1. The van der Waals surface area contributed by atoms with Crippen molar-refractivity contribution in [2.75, 3.05) is 13.6 Å². The molecule has 7 heteroatoms. The molecular formula is C30H35N3O4. The molecule has 2 atom stereocenters. The Labute approximate surface area is 218 Å². The van der Waals surface area contributed by atoms with Crippen molar-refractivity contribution in [3.05, 3.63) is 106 Å². The molecule has 2 unspecified atom stereocenters. The first-order valence-electron chi connectivity index (χ1n) is 13.2. The van der Waals surface area contributed by atoms with Crippen LogP contribution in [0.25, 0.3) is 0 Å². The van der Waals surface area contributed by atoms with E-state index in [4.69, 9.17) is 9.57 Å². The van der Waals surface area contributed by atoms with Crippen LogP contribution in [0.2, 0.25) is 0 Å². The van der Waals surface area contributed by atoms with Gasteiger partial charge in [-0.1, -0.05) is 66.7 Å². The van der Waals surface area contributed by atoms with Crippen LogP contribution in [0.1, 0.15) is 60.8 Å². The molecule has 0 bridgehead atoms. The molecule has 2 fully saturated rings. The average molecular weight is 502 g/mol. The normalized spacial score (nSPS) is 23.7. The second-order valence-corrected chi connectivity index (χ2v) is 10.3. The number of benzene rings is 3. The number of ether oxygens (including phenoxy) is 1. The second kappa shape index (κ2) is 11.9. The van der Waals surface area contributed by atoms with Crippen molar-refractivity contribution >= 4 is 5.69 Å². The molecule has 1 N–H and O–H groups in total. The van der Waals surface area contributed by atoms with Gasteiger partial charge < -0.3 is 9.64 Å². The number of nitro benzene ring substituents is 1. The minimum absolute atomic E-state index is 0.0269. The smallest absolute Gasteiger partial charge is 0.310 e. The van der Waals surface area contributed by atoms with E-state index in [-0.39, 0.29) is 30.2 Å². The lowest BCUT2D eigenvalue weighted by molar-refractivity contribution is -0.386. The van der Waals surface area contributed by atoms with E-state index >= 15 is 0 Å². The monoisotopic (exact) mass is 501 g/mol. The minimum atomic E-state index is -0.396. The first-order chi connectivity index (χ1) is 18.1. The predicted octanol–water partition coefficient (Wildman–Crippen LogP) is 6.17. The Balaban J connectivity index is 1.16. The van der Waals surface area contributed by atoms with Gasteiger partial charge in [0.15, 0.2) is 5.75 Å². The maximum atomic E-state index is 11.6. The molecule has 37 heavy (non-hydrogen) atoms. The zero-order valence-corrected chi connectivity index (χ0v) is 21.3. The molecule has 194 valence electrons. The lowest BCUT2D eigenvalue weighted by Gasteiger charge is -2.35. The number of nitrogens with zero attached hydrogens (tertiary/aromatic N) is 2. The molecule has 1 aliphatic heterocycles.